The van der Waals surface area contributed by atoms with Crippen molar-refractivity contribution in [3.05, 3.63) is 101 Å². The fraction of sp³-hybridized carbons (Fsp3) is 0.174. The van der Waals surface area contributed by atoms with Crippen LogP contribution in [-0.4, -0.2) is 13.0 Å². The first-order valence-electron chi connectivity index (χ1n) is 9.01. The maximum absolute atomic E-state index is 12.9. The summed E-state index contributed by atoms with van der Waals surface area (Å²) in [6.45, 7) is 0. The molecule has 29 heavy (non-hydrogen) atoms. The normalized spacial score (nSPS) is 12.3. The minimum atomic E-state index is -4.44. The molecule has 0 aliphatic heterocycles. The maximum Gasteiger partial charge on any atom is 0.416 e. The molecule has 0 aliphatic rings. The zero-order valence-electron chi connectivity index (χ0n) is 15.7. The van der Waals surface area contributed by atoms with Gasteiger partial charge in [-0.2, -0.15) is 13.2 Å². The fourth-order valence-corrected chi connectivity index (χ4v) is 3.06. The molecule has 3 nitrogen and oxygen atoms in total. The predicted molar refractivity (Wildman–Crippen MR) is 105 cm³/mol. The second-order valence-corrected chi connectivity index (χ2v) is 6.56. The number of carbonyl (C=O) groups is 1. The van der Waals surface area contributed by atoms with Gasteiger partial charge in [0, 0.05) is 0 Å². The van der Waals surface area contributed by atoms with E-state index in [9.17, 15) is 18.0 Å². The third kappa shape index (κ3) is 5.38. The zero-order valence-corrected chi connectivity index (χ0v) is 15.7. The van der Waals surface area contributed by atoms with Crippen molar-refractivity contribution in [1.29, 1.82) is 0 Å². The van der Waals surface area contributed by atoms with Crippen molar-refractivity contribution in [2.24, 2.45) is 0 Å². The van der Waals surface area contributed by atoms with E-state index < -0.39 is 17.8 Å². The largest absolute Gasteiger partial charge is 0.497 e. The van der Waals surface area contributed by atoms with E-state index in [1.54, 1.807) is 19.2 Å². The average Bonchev–Trinajstić information content (AvgIpc) is 2.72. The number of alkyl halides is 3. The molecule has 1 atom stereocenters. The van der Waals surface area contributed by atoms with E-state index >= 15 is 0 Å². The first-order valence-corrected chi connectivity index (χ1v) is 9.01. The summed E-state index contributed by atoms with van der Waals surface area (Å²) in [6.07, 6.45) is -4.59. The molecule has 1 amide bonds. The number of nitrogens with one attached hydrogen (secondary N) is 1. The number of hydrogen-bond acceptors (Lipinski definition) is 2. The van der Waals surface area contributed by atoms with E-state index in [1.165, 1.54) is 12.1 Å². The Labute approximate surface area is 167 Å². The van der Waals surface area contributed by atoms with E-state index in [2.05, 4.69) is 5.32 Å². The summed E-state index contributed by atoms with van der Waals surface area (Å²) in [7, 11) is 1.57. The van der Waals surface area contributed by atoms with Crippen LogP contribution in [0.4, 0.5) is 13.2 Å². The Kier molecular flexibility index (Phi) is 6.22. The van der Waals surface area contributed by atoms with Crippen LogP contribution in [-0.2, 0) is 17.4 Å². The van der Waals surface area contributed by atoms with Gasteiger partial charge < -0.3 is 10.1 Å². The summed E-state index contributed by atoms with van der Waals surface area (Å²) in [4.78, 5) is 12.6. The number of rotatable bonds is 6. The number of ether oxygens (including phenoxy) is 1. The van der Waals surface area contributed by atoms with E-state index in [0.29, 0.717) is 11.3 Å². The Morgan fingerprint density at radius 2 is 1.59 bits per heavy atom. The molecule has 0 saturated carbocycles. The molecule has 0 spiro atoms. The summed E-state index contributed by atoms with van der Waals surface area (Å²) in [5.74, 6) is 0.324. The summed E-state index contributed by atoms with van der Waals surface area (Å²) < 4.78 is 43.9. The van der Waals surface area contributed by atoms with Gasteiger partial charge in [-0.1, -0.05) is 60.7 Å². The lowest BCUT2D eigenvalue weighted by Crippen LogP contribution is -2.30. The number of amides is 1. The van der Waals surface area contributed by atoms with Crippen LogP contribution in [0.15, 0.2) is 78.9 Å². The van der Waals surface area contributed by atoms with Crippen LogP contribution in [0.1, 0.15) is 28.3 Å². The highest BCUT2D eigenvalue weighted by molar-refractivity contribution is 5.79. The lowest BCUT2D eigenvalue weighted by atomic mass is 9.98. The van der Waals surface area contributed by atoms with Crippen LogP contribution in [0.2, 0.25) is 0 Å². The molecule has 0 radical (unpaired) electrons. The van der Waals surface area contributed by atoms with E-state index in [-0.39, 0.29) is 12.3 Å². The van der Waals surface area contributed by atoms with Gasteiger partial charge in [0.1, 0.15) is 5.75 Å². The number of halogens is 3. The van der Waals surface area contributed by atoms with Gasteiger partial charge in [0.15, 0.2) is 0 Å². The molecular weight excluding hydrogens is 379 g/mol. The molecule has 3 aromatic rings. The van der Waals surface area contributed by atoms with Crippen molar-refractivity contribution in [1.82, 2.24) is 5.32 Å². The standard InChI is InChI=1S/C23H20F3NO2/c1-29-20-12-10-18(11-13-20)22(17-7-3-2-4-8-17)27-21(28)15-16-6-5-9-19(14-16)23(24,25)26/h2-14,22H,15H2,1H3,(H,27,28)/t22-/m1/s1. The molecule has 0 aliphatic carbocycles. The van der Waals surface area contributed by atoms with Gasteiger partial charge >= 0.3 is 6.18 Å². The van der Waals surface area contributed by atoms with Crippen molar-refractivity contribution in [3.8, 4) is 5.75 Å². The van der Waals surface area contributed by atoms with Gasteiger partial charge in [-0.05, 0) is 34.9 Å². The molecule has 0 aromatic heterocycles. The number of benzene rings is 3. The zero-order chi connectivity index (χ0) is 20.9. The van der Waals surface area contributed by atoms with Crippen molar-refractivity contribution in [3.63, 3.8) is 0 Å². The van der Waals surface area contributed by atoms with E-state index in [0.717, 1.165) is 23.3 Å². The van der Waals surface area contributed by atoms with Crippen molar-refractivity contribution in [2.75, 3.05) is 7.11 Å². The smallest absolute Gasteiger partial charge is 0.416 e. The van der Waals surface area contributed by atoms with Crippen LogP contribution in [0, 0.1) is 0 Å². The molecule has 6 heteroatoms. The van der Waals surface area contributed by atoms with Crippen LogP contribution >= 0.6 is 0 Å². The van der Waals surface area contributed by atoms with E-state index in [4.69, 9.17) is 4.74 Å². The Bertz CT molecular complexity index is 954. The number of methoxy groups -OCH3 is 1. The molecule has 3 rings (SSSR count). The Hall–Kier alpha value is -3.28. The monoisotopic (exact) mass is 399 g/mol. The van der Waals surface area contributed by atoms with Crippen LogP contribution < -0.4 is 10.1 Å². The minimum absolute atomic E-state index is 0.149. The molecule has 0 saturated heterocycles. The van der Waals surface area contributed by atoms with Gasteiger partial charge in [-0.15, -0.1) is 0 Å². The fourth-order valence-electron chi connectivity index (χ4n) is 3.06. The second kappa shape index (κ2) is 8.82. The molecule has 1 N–H and O–H groups in total. The van der Waals surface area contributed by atoms with Gasteiger partial charge in [0.2, 0.25) is 5.91 Å². The lowest BCUT2D eigenvalue weighted by Gasteiger charge is -2.20. The summed E-state index contributed by atoms with van der Waals surface area (Å²) in [5, 5.41) is 2.93. The Morgan fingerprint density at radius 1 is 0.931 bits per heavy atom. The van der Waals surface area contributed by atoms with Crippen molar-refractivity contribution < 1.29 is 22.7 Å². The minimum Gasteiger partial charge on any atom is -0.497 e. The molecule has 150 valence electrons. The number of hydrogen-bond donors (Lipinski definition) is 1. The first-order chi connectivity index (χ1) is 13.9. The highest BCUT2D eigenvalue weighted by Crippen LogP contribution is 2.30. The highest BCUT2D eigenvalue weighted by atomic mass is 19.4. The Balaban J connectivity index is 1.81. The summed E-state index contributed by atoms with van der Waals surface area (Å²) in [6, 6.07) is 21.1. The summed E-state index contributed by atoms with van der Waals surface area (Å²) in [5.41, 5.74) is 1.25. The molecule has 3 aromatic carbocycles. The lowest BCUT2D eigenvalue weighted by molar-refractivity contribution is -0.137. The van der Waals surface area contributed by atoms with E-state index in [1.807, 2.05) is 42.5 Å². The van der Waals surface area contributed by atoms with Crippen LogP contribution in [0.5, 0.6) is 5.75 Å². The van der Waals surface area contributed by atoms with Crippen molar-refractivity contribution in [2.45, 2.75) is 18.6 Å². The van der Waals surface area contributed by atoms with Gasteiger partial charge in [0.25, 0.3) is 0 Å². The van der Waals surface area contributed by atoms with Crippen molar-refractivity contribution >= 4 is 5.91 Å². The predicted octanol–water partition coefficient (Wildman–Crippen LogP) is 5.16. The molecule has 0 bridgehead atoms. The summed E-state index contributed by atoms with van der Waals surface area (Å²) >= 11 is 0. The second-order valence-electron chi connectivity index (χ2n) is 6.56. The topological polar surface area (TPSA) is 38.3 Å². The average molecular weight is 399 g/mol. The van der Waals surface area contributed by atoms with Gasteiger partial charge in [-0.25, -0.2) is 0 Å². The van der Waals surface area contributed by atoms with Gasteiger partial charge in [-0.3, -0.25) is 4.79 Å². The Morgan fingerprint density at radius 3 is 2.21 bits per heavy atom. The highest BCUT2D eigenvalue weighted by Gasteiger charge is 2.30. The number of carbonyl (C=O) groups excluding carboxylic acids is 1. The van der Waals surface area contributed by atoms with Gasteiger partial charge in [0.05, 0.1) is 25.1 Å². The SMILES string of the molecule is COc1ccc([C@H](NC(=O)Cc2cccc(C(F)(F)F)c2)c2ccccc2)cc1. The molecule has 0 heterocycles. The molecule has 0 fully saturated rings. The molecular formula is C23H20F3NO2. The third-order valence-corrected chi connectivity index (χ3v) is 4.51. The quantitative estimate of drug-likeness (QED) is 0.622. The third-order valence-electron chi connectivity index (χ3n) is 4.51. The van der Waals surface area contributed by atoms with Crippen LogP contribution in [0.3, 0.4) is 0 Å². The first kappa shape index (κ1) is 20.5. The van der Waals surface area contributed by atoms with Crippen LogP contribution in [0.25, 0.3) is 0 Å². The molecule has 0 unspecified atom stereocenters. The maximum atomic E-state index is 12.9.